The number of carboxylic acids is 1. The second-order valence-corrected chi connectivity index (χ2v) is 4.51. The van der Waals surface area contributed by atoms with Gasteiger partial charge in [-0.3, -0.25) is 4.79 Å². The molecule has 0 spiro atoms. The quantitative estimate of drug-likeness (QED) is 0.749. The van der Waals surface area contributed by atoms with Gasteiger partial charge in [-0.05, 0) is 40.3 Å². The van der Waals surface area contributed by atoms with Crippen molar-refractivity contribution in [3.05, 3.63) is 60.3 Å². The van der Waals surface area contributed by atoms with E-state index < -0.39 is 5.97 Å². The fraction of sp³-hybridized carbons (Fsp3) is 0.0625. The standard InChI is InChI=1S/C16H13NO2/c18-16(19)10-11-3-1-2-4-14(11)12-5-6-15-13(9-12)7-8-17-15/h1-9,17H,10H2,(H,18,19). The van der Waals surface area contributed by atoms with Crippen molar-refractivity contribution in [1.82, 2.24) is 4.98 Å². The summed E-state index contributed by atoms with van der Waals surface area (Å²) >= 11 is 0. The van der Waals surface area contributed by atoms with Gasteiger partial charge in [-0.1, -0.05) is 30.3 Å². The van der Waals surface area contributed by atoms with E-state index in [1.165, 1.54) is 0 Å². The maximum Gasteiger partial charge on any atom is 0.307 e. The Morgan fingerprint density at radius 1 is 1.11 bits per heavy atom. The van der Waals surface area contributed by atoms with E-state index in [0.29, 0.717) is 0 Å². The normalized spacial score (nSPS) is 10.7. The zero-order valence-corrected chi connectivity index (χ0v) is 10.3. The van der Waals surface area contributed by atoms with Crippen molar-refractivity contribution in [2.45, 2.75) is 6.42 Å². The van der Waals surface area contributed by atoms with E-state index >= 15 is 0 Å². The molecule has 94 valence electrons. The van der Waals surface area contributed by atoms with Crippen molar-refractivity contribution in [3.8, 4) is 11.1 Å². The van der Waals surface area contributed by atoms with Gasteiger partial charge >= 0.3 is 5.97 Å². The number of hydrogen-bond acceptors (Lipinski definition) is 1. The van der Waals surface area contributed by atoms with Gasteiger partial charge in [0.05, 0.1) is 6.42 Å². The van der Waals surface area contributed by atoms with Crippen LogP contribution in [0.1, 0.15) is 5.56 Å². The van der Waals surface area contributed by atoms with E-state index in [-0.39, 0.29) is 6.42 Å². The summed E-state index contributed by atoms with van der Waals surface area (Å²) < 4.78 is 0. The number of aliphatic carboxylic acids is 1. The van der Waals surface area contributed by atoms with E-state index in [4.69, 9.17) is 5.11 Å². The number of fused-ring (bicyclic) bond motifs is 1. The number of H-pyrrole nitrogens is 1. The molecule has 2 aromatic carbocycles. The molecular weight excluding hydrogens is 238 g/mol. The van der Waals surface area contributed by atoms with Crippen LogP contribution >= 0.6 is 0 Å². The smallest absolute Gasteiger partial charge is 0.307 e. The van der Waals surface area contributed by atoms with Crippen LogP contribution in [0.3, 0.4) is 0 Å². The van der Waals surface area contributed by atoms with E-state index in [9.17, 15) is 4.79 Å². The fourth-order valence-corrected chi connectivity index (χ4v) is 2.34. The molecule has 0 aliphatic rings. The SMILES string of the molecule is O=C(O)Cc1ccccc1-c1ccc2[nH]ccc2c1. The Hall–Kier alpha value is -2.55. The molecule has 0 aliphatic heterocycles. The van der Waals surface area contributed by atoms with Gasteiger partial charge < -0.3 is 10.1 Å². The van der Waals surface area contributed by atoms with Crippen LogP contribution < -0.4 is 0 Å². The van der Waals surface area contributed by atoms with Crippen molar-refractivity contribution in [2.75, 3.05) is 0 Å². The minimum atomic E-state index is -0.810. The predicted molar refractivity (Wildman–Crippen MR) is 75.1 cm³/mol. The molecule has 0 saturated carbocycles. The maximum atomic E-state index is 10.9. The third kappa shape index (κ3) is 2.22. The highest BCUT2D eigenvalue weighted by atomic mass is 16.4. The summed E-state index contributed by atoms with van der Waals surface area (Å²) in [6.07, 6.45) is 1.94. The molecule has 1 aromatic heterocycles. The summed E-state index contributed by atoms with van der Waals surface area (Å²) in [6.45, 7) is 0. The number of carboxylic acid groups (broad SMARTS) is 1. The van der Waals surface area contributed by atoms with E-state index in [0.717, 1.165) is 27.6 Å². The Kier molecular flexibility index (Phi) is 2.80. The molecule has 0 atom stereocenters. The van der Waals surface area contributed by atoms with Gasteiger partial charge in [-0.15, -0.1) is 0 Å². The molecule has 3 nitrogen and oxygen atoms in total. The molecule has 0 bridgehead atoms. The van der Waals surface area contributed by atoms with Crippen LogP contribution in [-0.2, 0) is 11.2 Å². The molecule has 2 N–H and O–H groups in total. The van der Waals surface area contributed by atoms with Gasteiger partial charge in [-0.25, -0.2) is 0 Å². The van der Waals surface area contributed by atoms with Crippen molar-refractivity contribution >= 4 is 16.9 Å². The second-order valence-electron chi connectivity index (χ2n) is 4.51. The van der Waals surface area contributed by atoms with Gasteiger partial charge in [0.1, 0.15) is 0 Å². The minimum absolute atomic E-state index is 0.0430. The Morgan fingerprint density at radius 2 is 1.95 bits per heavy atom. The molecule has 3 aromatic rings. The number of aromatic amines is 1. The molecule has 19 heavy (non-hydrogen) atoms. The monoisotopic (exact) mass is 251 g/mol. The Balaban J connectivity index is 2.12. The third-order valence-corrected chi connectivity index (χ3v) is 3.22. The molecule has 0 radical (unpaired) electrons. The first kappa shape index (κ1) is 11.5. The summed E-state index contributed by atoms with van der Waals surface area (Å²) in [4.78, 5) is 14.1. The topological polar surface area (TPSA) is 53.1 Å². The van der Waals surface area contributed by atoms with Crippen LogP contribution in [0.25, 0.3) is 22.0 Å². The Bertz CT molecular complexity index is 743. The molecule has 3 rings (SSSR count). The van der Waals surface area contributed by atoms with Gasteiger partial charge in [0.15, 0.2) is 0 Å². The van der Waals surface area contributed by atoms with Crippen LogP contribution in [0.15, 0.2) is 54.7 Å². The summed E-state index contributed by atoms with van der Waals surface area (Å²) in [5.41, 5.74) is 3.95. The van der Waals surface area contributed by atoms with Crippen LogP contribution in [-0.4, -0.2) is 16.1 Å². The number of rotatable bonds is 3. The summed E-state index contributed by atoms with van der Waals surface area (Å²) in [6, 6.07) is 15.8. The molecule has 1 heterocycles. The first-order valence-electron chi connectivity index (χ1n) is 6.11. The first-order valence-corrected chi connectivity index (χ1v) is 6.11. The highest BCUT2D eigenvalue weighted by molar-refractivity contribution is 5.86. The highest BCUT2D eigenvalue weighted by Gasteiger charge is 2.08. The van der Waals surface area contributed by atoms with Crippen LogP contribution in [0.5, 0.6) is 0 Å². The highest BCUT2D eigenvalue weighted by Crippen LogP contribution is 2.27. The average molecular weight is 251 g/mol. The predicted octanol–water partition coefficient (Wildman–Crippen LogP) is 3.46. The fourth-order valence-electron chi connectivity index (χ4n) is 2.34. The number of hydrogen-bond donors (Lipinski definition) is 2. The maximum absolute atomic E-state index is 10.9. The van der Waals surface area contributed by atoms with Crippen molar-refractivity contribution in [3.63, 3.8) is 0 Å². The van der Waals surface area contributed by atoms with Crippen molar-refractivity contribution < 1.29 is 9.90 Å². The van der Waals surface area contributed by atoms with Gasteiger partial charge in [0.25, 0.3) is 0 Å². The summed E-state index contributed by atoms with van der Waals surface area (Å²) in [7, 11) is 0. The first-order chi connectivity index (χ1) is 9.24. The molecule has 0 saturated heterocycles. The van der Waals surface area contributed by atoms with Gasteiger partial charge in [0, 0.05) is 11.7 Å². The number of benzene rings is 2. The summed E-state index contributed by atoms with van der Waals surface area (Å²) in [5.74, 6) is -0.810. The molecular formula is C16H13NO2. The molecule has 0 fully saturated rings. The lowest BCUT2D eigenvalue weighted by atomic mass is 9.97. The number of aromatic nitrogens is 1. The van der Waals surface area contributed by atoms with E-state index in [1.807, 2.05) is 48.7 Å². The molecule has 3 heteroatoms. The largest absolute Gasteiger partial charge is 0.481 e. The average Bonchev–Trinajstić information content (AvgIpc) is 2.86. The van der Waals surface area contributed by atoms with Crippen LogP contribution in [0.4, 0.5) is 0 Å². The number of carbonyl (C=O) groups is 1. The van der Waals surface area contributed by atoms with Gasteiger partial charge in [-0.2, -0.15) is 0 Å². The lowest BCUT2D eigenvalue weighted by molar-refractivity contribution is -0.136. The lowest BCUT2D eigenvalue weighted by Gasteiger charge is -2.08. The van der Waals surface area contributed by atoms with E-state index in [1.54, 1.807) is 0 Å². The summed E-state index contributed by atoms with van der Waals surface area (Å²) in [5, 5.41) is 10.1. The van der Waals surface area contributed by atoms with Crippen LogP contribution in [0.2, 0.25) is 0 Å². The number of nitrogens with one attached hydrogen (secondary N) is 1. The van der Waals surface area contributed by atoms with Crippen molar-refractivity contribution in [1.29, 1.82) is 0 Å². The second kappa shape index (κ2) is 4.61. The Morgan fingerprint density at radius 3 is 2.79 bits per heavy atom. The lowest BCUT2D eigenvalue weighted by Crippen LogP contribution is -2.01. The van der Waals surface area contributed by atoms with E-state index in [2.05, 4.69) is 11.1 Å². The zero-order chi connectivity index (χ0) is 13.2. The van der Waals surface area contributed by atoms with Gasteiger partial charge in [0.2, 0.25) is 0 Å². The van der Waals surface area contributed by atoms with Crippen molar-refractivity contribution in [2.24, 2.45) is 0 Å². The molecule has 0 aliphatic carbocycles. The zero-order valence-electron chi connectivity index (χ0n) is 10.3. The minimum Gasteiger partial charge on any atom is -0.481 e. The molecule has 0 unspecified atom stereocenters. The van der Waals surface area contributed by atoms with Crippen LogP contribution in [0, 0.1) is 0 Å². The molecule has 0 amide bonds. The third-order valence-electron chi connectivity index (χ3n) is 3.22. The Labute approximate surface area is 110 Å².